The average Bonchev–Trinajstić information content (AvgIpc) is 2.15. The van der Waals surface area contributed by atoms with Crippen molar-refractivity contribution in [2.24, 2.45) is 17.3 Å². The SMILES string of the molecule is CC1CC(=O)C2CCC(C(C)(C)C)CC2N1. The van der Waals surface area contributed by atoms with Gasteiger partial charge in [0.15, 0.2) is 0 Å². The van der Waals surface area contributed by atoms with Crippen molar-refractivity contribution < 1.29 is 4.79 Å². The molecule has 2 aliphatic rings. The van der Waals surface area contributed by atoms with Crippen LogP contribution in [0.5, 0.6) is 0 Å². The Morgan fingerprint density at radius 3 is 2.56 bits per heavy atom. The topological polar surface area (TPSA) is 29.1 Å². The van der Waals surface area contributed by atoms with E-state index in [4.69, 9.17) is 0 Å². The number of hydrogen-bond donors (Lipinski definition) is 1. The molecule has 2 heteroatoms. The van der Waals surface area contributed by atoms with Crippen molar-refractivity contribution in [3.63, 3.8) is 0 Å². The van der Waals surface area contributed by atoms with Gasteiger partial charge in [0.1, 0.15) is 5.78 Å². The van der Waals surface area contributed by atoms with Crippen LogP contribution in [-0.4, -0.2) is 17.9 Å². The van der Waals surface area contributed by atoms with Crippen LogP contribution in [0.1, 0.15) is 53.4 Å². The fraction of sp³-hybridized carbons (Fsp3) is 0.929. The third-order valence-corrected chi connectivity index (χ3v) is 4.49. The molecule has 0 aromatic heterocycles. The first-order chi connectivity index (χ1) is 7.38. The lowest BCUT2D eigenvalue weighted by atomic mass is 9.65. The van der Waals surface area contributed by atoms with Gasteiger partial charge in [0.05, 0.1) is 0 Å². The van der Waals surface area contributed by atoms with Crippen LogP contribution in [-0.2, 0) is 4.79 Å². The first-order valence-corrected chi connectivity index (χ1v) is 6.66. The fourth-order valence-corrected chi connectivity index (χ4v) is 3.40. The van der Waals surface area contributed by atoms with Gasteiger partial charge in [-0.15, -0.1) is 0 Å². The molecule has 2 rings (SSSR count). The second kappa shape index (κ2) is 4.14. The van der Waals surface area contributed by atoms with Crippen LogP contribution in [0.4, 0.5) is 0 Å². The molecular weight excluding hydrogens is 198 g/mol. The highest BCUT2D eigenvalue weighted by molar-refractivity contribution is 5.83. The fourth-order valence-electron chi connectivity index (χ4n) is 3.40. The highest BCUT2D eigenvalue weighted by Crippen LogP contribution is 2.41. The van der Waals surface area contributed by atoms with Gasteiger partial charge in [0, 0.05) is 24.4 Å². The van der Waals surface area contributed by atoms with Crippen molar-refractivity contribution >= 4 is 5.78 Å². The highest BCUT2D eigenvalue weighted by Gasteiger charge is 2.41. The first-order valence-electron chi connectivity index (χ1n) is 6.66. The zero-order chi connectivity index (χ0) is 11.9. The van der Waals surface area contributed by atoms with Crippen LogP contribution in [0.2, 0.25) is 0 Å². The minimum atomic E-state index is 0.315. The first kappa shape index (κ1) is 12.1. The van der Waals surface area contributed by atoms with Gasteiger partial charge in [0.2, 0.25) is 0 Å². The van der Waals surface area contributed by atoms with Crippen molar-refractivity contribution in [2.75, 3.05) is 0 Å². The van der Waals surface area contributed by atoms with Crippen LogP contribution in [0.15, 0.2) is 0 Å². The molecule has 1 saturated carbocycles. The number of rotatable bonds is 0. The van der Waals surface area contributed by atoms with Gasteiger partial charge in [-0.25, -0.2) is 0 Å². The molecule has 92 valence electrons. The average molecular weight is 223 g/mol. The third-order valence-electron chi connectivity index (χ3n) is 4.49. The molecule has 16 heavy (non-hydrogen) atoms. The molecule has 2 fully saturated rings. The molecule has 1 heterocycles. The molecule has 2 nitrogen and oxygen atoms in total. The zero-order valence-electron chi connectivity index (χ0n) is 11.0. The van der Waals surface area contributed by atoms with Crippen LogP contribution >= 0.6 is 0 Å². The van der Waals surface area contributed by atoms with E-state index in [1.165, 1.54) is 12.8 Å². The van der Waals surface area contributed by atoms with E-state index in [0.717, 1.165) is 18.8 Å². The van der Waals surface area contributed by atoms with Crippen LogP contribution in [0.3, 0.4) is 0 Å². The Bertz CT molecular complexity index is 279. The van der Waals surface area contributed by atoms with Crippen molar-refractivity contribution in [1.82, 2.24) is 5.32 Å². The Hall–Kier alpha value is -0.370. The van der Waals surface area contributed by atoms with E-state index in [0.29, 0.717) is 29.2 Å². The van der Waals surface area contributed by atoms with Gasteiger partial charge in [-0.3, -0.25) is 4.79 Å². The number of piperidine rings is 1. The van der Waals surface area contributed by atoms with Crippen molar-refractivity contribution in [2.45, 2.75) is 65.5 Å². The Morgan fingerprint density at radius 2 is 1.94 bits per heavy atom. The van der Waals surface area contributed by atoms with E-state index in [1.54, 1.807) is 0 Å². The smallest absolute Gasteiger partial charge is 0.139 e. The van der Waals surface area contributed by atoms with Gasteiger partial charge in [-0.1, -0.05) is 20.8 Å². The molecule has 0 aromatic carbocycles. The molecule has 1 aliphatic carbocycles. The molecule has 0 bridgehead atoms. The van der Waals surface area contributed by atoms with E-state index in [-0.39, 0.29) is 0 Å². The number of ketones is 1. The second-order valence-corrected chi connectivity index (χ2v) is 6.83. The number of nitrogens with one attached hydrogen (secondary N) is 1. The number of carbonyl (C=O) groups is 1. The largest absolute Gasteiger partial charge is 0.310 e. The lowest BCUT2D eigenvalue weighted by Crippen LogP contribution is -2.54. The minimum absolute atomic E-state index is 0.315. The molecule has 0 radical (unpaired) electrons. The predicted molar refractivity (Wildman–Crippen MR) is 66.3 cm³/mol. The minimum Gasteiger partial charge on any atom is -0.310 e. The van der Waals surface area contributed by atoms with Gasteiger partial charge < -0.3 is 5.32 Å². The summed E-state index contributed by atoms with van der Waals surface area (Å²) >= 11 is 0. The summed E-state index contributed by atoms with van der Waals surface area (Å²) in [6.07, 6.45) is 4.25. The van der Waals surface area contributed by atoms with Crippen molar-refractivity contribution in [1.29, 1.82) is 0 Å². The molecular formula is C14H25NO. The maximum absolute atomic E-state index is 12.0. The Labute approximate surface area is 99.2 Å². The van der Waals surface area contributed by atoms with Crippen molar-refractivity contribution in [3.8, 4) is 0 Å². The zero-order valence-corrected chi connectivity index (χ0v) is 11.0. The van der Waals surface area contributed by atoms with Crippen LogP contribution in [0, 0.1) is 17.3 Å². The summed E-state index contributed by atoms with van der Waals surface area (Å²) < 4.78 is 0. The number of fused-ring (bicyclic) bond motifs is 1. The maximum Gasteiger partial charge on any atom is 0.139 e. The van der Waals surface area contributed by atoms with E-state index in [1.807, 2.05) is 0 Å². The number of Topliss-reactive ketones (excluding diaryl/α,β-unsaturated/α-hetero) is 1. The molecule has 0 spiro atoms. The molecule has 4 atom stereocenters. The maximum atomic E-state index is 12.0. The summed E-state index contributed by atoms with van der Waals surface area (Å²) in [6.45, 7) is 9.11. The summed E-state index contributed by atoms with van der Waals surface area (Å²) in [4.78, 5) is 12.0. The summed E-state index contributed by atoms with van der Waals surface area (Å²) in [5, 5.41) is 3.63. The second-order valence-electron chi connectivity index (χ2n) is 6.83. The Kier molecular flexibility index (Phi) is 3.13. The summed E-state index contributed by atoms with van der Waals surface area (Å²) in [5.74, 6) is 1.58. The highest BCUT2D eigenvalue weighted by atomic mass is 16.1. The van der Waals surface area contributed by atoms with Gasteiger partial charge in [0.25, 0.3) is 0 Å². The Balaban J connectivity index is 2.06. The van der Waals surface area contributed by atoms with Crippen LogP contribution < -0.4 is 5.32 Å². The van der Waals surface area contributed by atoms with E-state index < -0.39 is 0 Å². The molecule has 0 amide bonds. The number of carbonyl (C=O) groups excluding carboxylic acids is 1. The van der Waals surface area contributed by atoms with E-state index in [2.05, 4.69) is 33.0 Å². The van der Waals surface area contributed by atoms with Gasteiger partial charge >= 0.3 is 0 Å². The third kappa shape index (κ3) is 2.32. The lowest BCUT2D eigenvalue weighted by molar-refractivity contribution is -0.128. The summed E-state index contributed by atoms with van der Waals surface area (Å²) in [7, 11) is 0. The van der Waals surface area contributed by atoms with Crippen LogP contribution in [0.25, 0.3) is 0 Å². The predicted octanol–water partition coefficient (Wildman–Crippen LogP) is 2.77. The van der Waals surface area contributed by atoms with Gasteiger partial charge in [-0.05, 0) is 37.5 Å². The summed E-state index contributed by atoms with van der Waals surface area (Å²) in [5.41, 5.74) is 0.385. The molecule has 1 saturated heterocycles. The molecule has 1 N–H and O–H groups in total. The molecule has 1 aliphatic heterocycles. The monoisotopic (exact) mass is 223 g/mol. The van der Waals surface area contributed by atoms with Gasteiger partial charge in [-0.2, -0.15) is 0 Å². The standard InChI is InChI=1S/C14H25NO/c1-9-7-13(16)11-6-5-10(14(2,3)4)8-12(11)15-9/h9-12,15H,5-8H2,1-4H3. The molecule has 0 aromatic rings. The quantitative estimate of drug-likeness (QED) is 0.684. The number of hydrogen-bond acceptors (Lipinski definition) is 2. The van der Waals surface area contributed by atoms with E-state index in [9.17, 15) is 4.79 Å². The normalized spacial score (nSPS) is 40.6. The van der Waals surface area contributed by atoms with Crippen molar-refractivity contribution in [3.05, 3.63) is 0 Å². The Morgan fingerprint density at radius 1 is 1.25 bits per heavy atom. The summed E-state index contributed by atoms with van der Waals surface area (Å²) in [6, 6.07) is 0.835. The molecule has 4 unspecified atom stereocenters. The lowest BCUT2D eigenvalue weighted by Gasteiger charge is -2.45. The van der Waals surface area contributed by atoms with E-state index >= 15 is 0 Å².